The topological polar surface area (TPSA) is 259 Å². The van der Waals surface area contributed by atoms with Crippen molar-refractivity contribution in [1.29, 1.82) is 0 Å². The van der Waals surface area contributed by atoms with Crippen LogP contribution >= 0.6 is 79.6 Å². The minimum Gasteiger partial charge on any atom is -0.394 e. The molecule has 5 aromatic carbocycles. The van der Waals surface area contributed by atoms with E-state index in [1.165, 1.54) is 60.7 Å². The third-order valence-electron chi connectivity index (χ3n) is 8.53. The first kappa shape index (κ1) is 62.5. The summed E-state index contributed by atoms with van der Waals surface area (Å²) in [5, 5.41) is 24.2. The first-order chi connectivity index (χ1) is 31.8. The van der Waals surface area contributed by atoms with Gasteiger partial charge in [0.15, 0.2) is 0 Å². The minimum absolute atomic E-state index is 0.00866. The van der Waals surface area contributed by atoms with Crippen molar-refractivity contribution in [3.63, 3.8) is 0 Å². The van der Waals surface area contributed by atoms with Crippen molar-refractivity contribution in [2.45, 2.75) is 43.8 Å². The first-order valence-corrected chi connectivity index (χ1v) is 25.2. The van der Waals surface area contributed by atoms with Crippen LogP contribution in [0.15, 0.2) is 124 Å². The fraction of sp³-hybridized carbons (Fsp3) is 0.302. The van der Waals surface area contributed by atoms with Crippen LogP contribution in [-0.4, -0.2) is 57.8 Å². The molecule has 0 aromatic heterocycles. The van der Waals surface area contributed by atoms with E-state index in [0.29, 0.717) is 51.2 Å². The molecule has 0 unspecified atom stereocenters. The molecule has 5 atom stereocenters. The second-order valence-electron chi connectivity index (χ2n) is 14.3. The number of hydrogen-bond acceptors (Lipinski definition) is 10. The molecule has 8 N–H and O–H groups in total. The Bertz CT molecular complexity index is 2370. The number of nitrogens with zero attached hydrogens (tertiary/aromatic N) is 6. The molecule has 0 bridgehead atoms. The van der Waals surface area contributed by atoms with Crippen LogP contribution in [0.2, 0.25) is 0 Å². The van der Waals surface area contributed by atoms with Crippen LogP contribution in [0, 0.1) is 29.1 Å². The molecule has 5 aromatic rings. The van der Waals surface area contributed by atoms with Gasteiger partial charge in [0.2, 0.25) is 0 Å². The number of aliphatic hydroxyl groups excluding tert-OH is 2. The highest BCUT2D eigenvalue weighted by Crippen LogP contribution is 2.25. The molecule has 5 rings (SSSR count). The third kappa shape index (κ3) is 26.5. The number of azide groups is 2. The zero-order chi connectivity index (χ0) is 51.7. The summed E-state index contributed by atoms with van der Waals surface area (Å²) in [6.45, 7) is 3.75. The van der Waals surface area contributed by atoms with Crippen LogP contribution in [0.4, 0.5) is 22.0 Å². The second-order valence-corrected chi connectivity index (χ2v) is 20.5. The first-order valence-electron chi connectivity index (χ1n) is 19.5. The van der Waals surface area contributed by atoms with Gasteiger partial charge in [-0.2, -0.15) is 8.42 Å². The number of hydrogen-bond donors (Lipinski definition) is 5. The average Bonchev–Trinajstić information content (AvgIpc) is 3.25. The van der Waals surface area contributed by atoms with Gasteiger partial charge in [-0.15, -0.1) is 0 Å². The maximum atomic E-state index is 13.1. The van der Waals surface area contributed by atoms with Crippen LogP contribution in [-0.2, 0) is 14.3 Å². The largest absolute Gasteiger partial charge is 0.394 e. The molecule has 0 amide bonds. The zero-order valence-corrected chi connectivity index (χ0v) is 45.1. The molecule has 68 heavy (non-hydrogen) atoms. The van der Waals surface area contributed by atoms with Crippen molar-refractivity contribution in [2.24, 2.45) is 27.4 Å². The highest BCUT2D eigenvalue weighted by molar-refractivity contribution is 9.11. The normalized spacial score (nSPS) is 12.7. The van der Waals surface area contributed by atoms with Crippen molar-refractivity contribution in [3.8, 4) is 0 Å². The van der Waals surface area contributed by atoms with Gasteiger partial charge in [-0.25, -0.2) is 22.0 Å². The lowest BCUT2D eigenvalue weighted by Crippen LogP contribution is -2.14. The zero-order valence-electron chi connectivity index (χ0n) is 36.3. The Hall–Kier alpha value is -3.52. The van der Waals surface area contributed by atoms with Crippen LogP contribution in [0.5, 0.6) is 0 Å². The monoisotopic (exact) mass is 1290 g/mol. The molecule has 0 heterocycles. The molecule has 25 heteroatoms. The SMILES string of the molecule is C[C@H](CN=[N+]=[N-])c1cc(F)cc(Br)c1.C[C@H](COS(C)(=O)=O)c1cc(F)cc(Br)c1.N[C@H](CO)c1cc(F)cc(Br)c1.N[C@H](CO)c1cc(F)cc(Br)c1.[N-]=[N+]=NC[C@@H](N)c1cc(F)cc(Br)c1. The predicted molar refractivity (Wildman–Crippen MR) is 271 cm³/mol. The molecular weight excluding hydrogens is 1250 g/mol. The van der Waals surface area contributed by atoms with E-state index in [1.54, 1.807) is 31.2 Å². The Labute approximate surface area is 432 Å². The van der Waals surface area contributed by atoms with E-state index in [9.17, 15) is 30.4 Å². The van der Waals surface area contributed by atoms with E-state index in [4.69, 9.17) is 38.5 Å². The molecule has 370 valence electrons. The van der Waals surface area contributed by atoms with Crippen molar-refractivity contribution in [1.82, 2.24) is 0 Å². The van der Waals surface area contributed by atoms with Gasteiger partial charge in [0.25, 0.3) is 10.1 Å². The summed E-state index contributed by atoms with van der Waals surface area (Å²) in [5.74, 6) is -1.91. The highest BCUT2D eigenvalue weighted by atomic mass is 79.9. The lowest BCUT2D eigenvalue weighted by atomic mass is 10.0. The van der Waals surface area contributed by atoms with Gasteiger partial charge in [-0.3, -0.25) is 4.18 Å². The Morgan fingerprint density at radius 1 is 0.529 bits per heavy atom. The maximum absolute atomic E-state index is 13.1. The lowest BCUT2D eigenvalue weighted by molar-refractivity contribution is 0.267. The molecule has 0 radical (unpaired) electrons. The number of rotatable bonds is 14. The smallest absolute Gasteiger partial charge is 0.264 e. The van der Waals surface area contributed by atoms with Crippen molar-refractivity contribution < 1.29 is 44.8 Å². The van der Waals surface area contributed by atoms with E-state index >= 15 is 0 Å². The summed E-state index contributed by atoms with van der Waals surface area (Å²) in [7, 11) is -3.45. The van der Waals surface area contributed by atoms with Crippen molar-refractivity contribution >= 4 is 89.8 Å². The van der Waals surface area contributed by atoms with E-state index in [2.05, 4.69) is 104 Å². The molecule has 0 fully saturated rings. The predicted octanol–water partition coefficient (Wildman–Crippen LogP) is 12.7. The van der Waals surface area contributed by atoms with Gasteiger partial charge in [0.05, 0.1) is 38.2 Å². The Balaban J connectivity index is 0.000000427. The summed E-state index contributed by atoms with van der Waals surface area (Å²) in [6.07, 6.45) is 0.987. The molecule has 14 nitrogen and oxygen atoms in total. The van der Waals surface area contributed by atoms with Gasteiger partial charge in [-0.1, -0.05) is 104 Å². The molecule has 0 aliphatic carbocycles. The molecule has 0 aliphatic heterocycles. The number of halogens is 10. The number of benzene rings is 5. The van der Waals surface area contributed by atoms with Crippen LogP contribution in [0.25, 0.3) is 20.9 Å². The van der Waals surface area contributed by atoms with Crippen LogP contribution in [0.3, 0.4) is 0 Å². The fourth-order valence-electron chi connectivity index (χ4n) is 5.11. The highest BCUT2D eigenvalue weighted by Gasteiger charge is 2.13. The Morgan fingerprint density at radius 3 is 1.10 bits per heavy atom. The quantitative estimate of drug-likeness (QED) is 0.0234. The summed E-state index contributed by atoms with van der Waals surface area (Å²) < 4.78 is 93.9. The number of aliphatic hydroxyl groups is 2. The van der Waals surface area contributed by atoms with Crippen LogP contribution < -0.4 is 17.2 Å². The fourth-order valence-corrected chi connectivity index (χ4v) is 7.98. The summed E-state index contributed by atoms with van der Waals surface area (Å²) >= 11 is 15.8. The molecule has 0 saturated heterocycles. The minimum atomic E-state index is -3.45. The van der Waals surface area contributed by atoms with E-state index < -0.39 is 28.2 Å². The molecule has 0 aliphatic rings. The lowest BCUT2D eigenvalue weighted by Gasteiger charge is -2.11. The summed E-state index contributed by atoms with van der Waals surface area (Å²) in [6, 6.07) is 20.6. The van der Waals surface area contributed by atoms with Crippen molar-refractivity contribution in [3.05, 3.63) is 191 Å². The molecule has 0 spiro atoms. The van der Waals surface area contributed by atoms with Gasteiger partial charge in [0, 0.05) is 57.2 Å². The van der Waals surface area contributed by atoms with Gasteiger partial charge < -0.3 is 27.4 Å². The molecular formula is C43H47Br5F5N9O5S. The Morgan fingerprint density at radius 2 is 0.809 bits per heavy atom. The summed E-state index contributed by atoms with van der Waals surface area (Å²) in [4.78, 5) is 5.25. The van der Waals surface area contributed by atoms with Gasteiger partial charge >= 0.3 is 0 Å². The van der Waals surface area contributed by atoms with E-state index in [-0.39, 0.29) is 67.3 Å². The van der Waals surface area contributed by atoms with E-state index in [0.717, 1.165) is 11.8 Å². The third-order valence-corrected chi connectivity index (χ3v) is 11.4. The summed E-state index contributed by atoms with van der Waals surface area (Å²) in [5.41, 5.74) is 36.2. The van der Waals surface area contributed by atoms with Crippen molar-refractivity contribution in [2.75, 3.05) is 39.2 Å². The van der Waals surface area contributed by atoms with Gasteiger partial charge in [0.1, 0.15) is 29.1 Å². The van der Waals surface area contributed by atoms with E-state index in [1.807, 2.05) is 13.0 Å². The standard InChI is InChI=1S/C10H12BrFO3S.C9H9BrFN3.C8H8BrFN4.2C8H9BrFNO/c1-7(6-15-16(2,13)14)8-3-9(11)5-10(12)4-8;1-6(5-13-14-12)7-2-8(10)4-9(11)3-7;9-6-1-5(2-7(10)3-6)8(11)4-13-14-12;2*9-6-1-5(8(11)4-12)2-7(10)3-6/h3-5,7H,6H2,1-2H3;2-4,6H,5H2,1H3;1-3,8H,4,11H2;2*1-3,8,12H,4,11H2/t7-;6-;3*8-/m11111/s1. The van der Waals surface area contributed by atoms with Gasteiger partial charge in [-0.05, 0) is 136 Å². The number of nitrogens with two attached hydrogens (primary N) is 3. The average molecular weight is 1300 g/mol. The molecule has 0 saturated carbocycles. The maximum Gasteiger partial charge on any atom is 0.264 e. The Kier molecular flexibility index (Phi) is 29.8. The second kappa shape index (κ2) is 32.4. The van der Waals surface area contributed by atoms with Crippen LogP contribution in [0.1, 0.15) is 71.6 Å².